The van der Waals surface area contributed by atoms with Crippen molar-refractivity contribution in [3.05, 3.63) is 41.7 Å². The third kappa shape index (κ3) is 3.54. The lowest BCUT2D eigenvalue weighted by Gasteiger charge is -2.07. The summed E-state index contributed by atoms with van der Waals surface area (Å²) < 4.78 is 20.6. The molecule has 1 heterocycles. The molecule has 0 atom stereocenters. The fraction of sp³-hybridized carbons (Fsp3) is 0.429. The zero-order valence-electron chi connectivity index (χ0n) is 11.9. The van der Waals surface area contributed by atoms with Crippen LogP contribution in [-0.4, -0.2) is 27.9 Å². The first-order chi connectivity index (χ1) is 9.60. The highest BCUT2D eigenvalue weighted by molar-refractivity contribution is 5.31. The van der Waals surface area contributed by atoms with Crippen molar-refractivity contribution in [2.24, 2.45) is 0 Å². The van der Waals surface area contributed by atoms with Gasteiger partial charge in [-0.3, -0.25) is 0 Å². The van der Waals surface area contributed by atoms with Gasteiger partial charge in [0.25, 0.3) is 0 Å². The van der Waals surface area contributed by atoms with Crippen molar-refractivity contribution in [1.29, 1.82) is 0 Å². The summed E-state index contributed by atoms with van der Waals surface area (Å²) in [5.41, 5.74) is 0.526. The van der Waals surface area contributed by atoms with E-state index in [2.05, 4.69) is 29.2 Å². The number of nitrogens with one attached hydrogen (secondary N) is 1. The minimum atomic E-state index is -0.354. The van der Waals surface area contributed by atoms with Crippen LogP contribution in [0.2, 0.25) is 0 Å². The van der Waals surface area contributed by atoms with Gasteiger partial charge in [-0.25, -0.2) is 14.1 Å². The van der Waals surface area contributed by atoms with E-state index < -0.39 is 0 Å². The summed E-state index contributed by atoms with van der Waals surface area (Å²) in [6, 6.07) is 5.44. The monoisotopic (exact) mass is 278 g/mol. The van der Waals surface area contributed by atoms with Gasteiger partial charge in [0.2, 0.25) is 0 Å². The van der Waals surface area contributed by atoms with Crippen LogP contribution in [0.4, 0.5) is 4.39 Å². The molecule has 2 aromatic rings. The van der Waals surface area contributed by atoms with Crippen LogP contribution < -0.4 is 10.1 Å². The quantitative estimate of drug-likeness (QED) is 0.877. The number of hydrogen-bond acceptors (Lipinski definition) is 4. The molecule has 108 valence electrons. The predicted octanol–water partition coefficient (Wildman–Crippen LogP) is 1.97. The number of nitrogens with zero attached hydrogens (tertiary/aromatic N) is 3. The Morgan fingerprint density at radius 1 is 1.40 bits per heavy atom. The molecule has 0 bridgehead atoms. The van der Waals surface area contributed by atoms with Gasteiger partial charge < -0.3 is 10.1 Å². The van der Waals surface area contributed by atoms with E-state index in [1.54, 1.807) is 29.2 Å². The van der Waals surface area contributed by atoms with Crippen LogP contribution in [0, 0.1) is 5.82 Å². The first-order valence-electron chi connectivity index (χ1n) is 6.53. The van der Waals surface area contributed by atoms with Gasteiger partial charge in [0.15, 0.2) is 17.4 Å². The predicted molar refractivity (Wildman–Crippen MR) is 74.1 cm³/mol. The smallest absolute Gasteiger partial charge is 0.170 e. The number of aromatic nitrogens is 3. The van der Waals surface area contributed by atoms with Crippen molar-refractivity contribution in [1.82, 2.24) is 20.1 Å². The highest BCUT2D eigenvalue weighted by Crippen LogP contribution is 2.20. The SMILES string of the molecule is COc1cccc(Cn2cnc(CNC(C)C)n2)c1F. The Labute approximate surface area is 117 Å². The van der Waals surface area contributed by atoms with Crippen LogP contribution >= 0.6 is 0 Å². The van der Waals surface area contributed by atoms with Crippen molar-refractivity contribution in [3.8, 4) is 5.75 Å². The van der Waals surface area contributed by atoms with Gasteiger partial charge >= 0.3 is 0 Å². The molecule has 20 heavy (non-hydrogen) atoms. The van der Waals surface area contributed by atoms with E-state index >= 15 is 0 Å². The van der Waals surface area contributed by atoms with E-state index in [4.69, 9.17) is 4.74 Å². The summed E-state index contributed by atoms with van der Waals surface area (Å²) in [6.45, 7) is 5.05. The first-order valence-corrected chi connectivity index (χ1v) is 6.53. The van der Waals surface area contributed by atoms with E-state index in [0.29, 0.717) is 30.5 Å². The Balaban J connectivity index is 2.07. The van der Waals surface area contributed by atoms with E-state index in [1.807, 2.05) is 0 Å². The molecule has 0 saturated heterocycles. The molecule has 0 saturated carbocycles. The molecule has 0 radical (unpaired) electrons. The van der Waals surface area contributed by atoms with E-state index in [-0.39, 0.29) is 11.6 Å². The average molecular weight is 278 g/mol. The summed E-state index contributed by atoms with van der Waals surface area (Å²) in [5, 5.41) is 7.55. The molecular formula is C14H19FN4O. The number of hydrogen-bond donors (Lipinski definition) is 1. The maximum Gasteiger partial charge on any atom is 0.170 e. The molecule has 6 heteroatoms. The Morgan fingerprint density at radius 3 is 2.90 bits per heavy atom. The van der Waals surface area contributed by atoms with Crippen molar-refractivity contribution in [2.45, 2.75) is 33.0 Å². The first kappa shape index (κ1) is 14.5. The van der Waals surface area contributed by atoms with E-state index in [1.165, 1.54) is 7.11 Å². The molecule has 0 aliphatic carbocycles. The zero-order valence-corrected chi connectivity index (χ0v) is 11.9. The molecule has 0 aliphatic heterocycles. The second-order valence-corrected chi connectivity index (χ2v) is 4.83. The lowest BCUT2D eigenvalue weighted by Crippen LogP contribution is -2.22. The maximum absolute atomic E-state index is 14.0. The molecular weight excluding hydrogens is 259 g/mol. The van der Waals surface area contributed by atoms with Gasteiger partial charge in [0.1, 0.15) is 6.33 Å². The Hall–Kier alpha value is -1.95. The van der Waals surface area contributed by atoms with Crippen LogP contribution in [0.1, 0.15) is 25.2 Å². The van der Waals surface area contributed by atoms with Crippen LogP contribution in [0.5, 0.6) is 5.75 Å². The van der Waals surface area contributed by atoms with Crippen molar-refractivity contribution >= 4 is 0 Å². The van der Waals surface area contributed by atoms with Crippen molar-refractivity contribution in [3.63, 3.8) is 0 Å². The fourth-order valence-electron chi connectivity index (χ4n) is 1.80. The van der Waals surface area contributed by atoms with E-state index in [9.17, 15) is 4.39 Å². The minimum Gasteiger partial charge on any atom is -0.494 e. The summed E-state index contributed by atoms with van der Waals surface area (Å²) in [5.74, 6) is 0.582. The molecule has 0 spiro atoms. The van der Waals surface area contributed by atoms with Gasteiger partial charge in [-0.2, -0.15) is 5.10 Å². The Morgan fingerprint density at radius 2 is 2.20 bits per heavy atom. The third-order valence-corrected chi connectivity index (χ3v) is 2.85. The highest BCUT2D eigenvalue weighted by atomic mass is 19.1. The van der Waals surface area contributed by atoms with E-state index in [0.717, 1.165) is 0 Å². The lowest BCUT2D eigenvalue weighted by atomic mass is 10.2. The van der Waals surface area contributed by atoms with Gasteiger partial charge in [0.05, 0.1) is 20.2 Å². The van der Waals surface area contributed by atoms with Crippen LogP contribution in [0.25, 0.3) is 0 Å². The van der Waals surface area contributed by atoms with Gasteiger partial charge in [-0.1, -0.05) is 26.0 Å². The van der Waals surface area contributed by atoms with Gasteiger partial charge in [-0.05, 0) is 6.07 Å². The second kappa shape index (κ2) is 6.47. The Bertz CT molecular complexity index is 568. The highest BCUT2D eigenvalue weighted by Gasteiger charge is 2.10. The maximum atomic E-state index is 14.0. The molecule has 0 aliphatic rings. The molecule has 1 aromatic carbocycles. The molecule has 0 fully saturated rings. The summed E-state index contributed by atoms with van der Waals surface area (Å²) in [7, 11) is 1.45. The minimum absolute atomic E-state index is 0.240. The normalized spacial score (nSPS) is 11.1. The molecule has 0 unspecified atom stereocenters. The van der Waals surface area contributed by atoms with Crippen LogP contribution in [0.3, 0.4) is 0 Å². The Kier molecular flexibility index (Phi) is 4.68. The van der Waals surface area contributed by atoms with Crippen molar-refractivity contribution < 1.29 is 9.13 Å². The summed E-state index contributed by atoms with van der Waals surface area (Å²) in [6.07, 6.45) is 1.61. The largest absolute Gasteiger partial charge is 0.494 e. The van der Waals surface area contributed by atoms with Crippen LogP contribution in [-0.2, 0) is 13.1 Å². The standard InChI is InChI=1S/C14H19FN4O/c1-10(2)16-7-13-17-9-19(18-13)8-11-5-4-6-12(20-3)14(11)15/h4-6,9-10,16H,7-8H2,1-3H3. The molecule has 2 rings (SSSR count). The van der Waals surface area contributed by atoms with Crippen LogP contribution in [0.15, 0.2) is 24.5 Å². The molecule has 5 nitrogen and oxygen atoms in total. The number of rotatable bonds is 6. The van der Waals surface area contributed by atoms with Gasteiger partial charge in [-0.15, -0.1) is 0 Å². The topological polar surface area (TPSA) is 52.0 Å². The lowest BCUT2D eigenvalue weighted by molar-refractivity contribution is 0.383. The van der Waals surface area contributed by atoms with Crippen molar-refractivity contribution in [2.75, 3.05) is 7.11 Å². The van der Waals surface area contributed by atoms with Gasteiger partial charge in [0, 0.05) is 11.6 Å². The molecule has 0 amide bonds. The molecule has 1 aromatic heterocycles. The molecule has 1 N–H and O–H groups in total. The summed E-state index contributed by atoms with van der Waals surface area (Å²) in [4.78, 5) is 4.19. The summed E-state index contributed by atoms with van der Waals surface area (Å²) >= 11 is 0. The second-order valence-electron chi connectivity index (χ2n) is 4.83. The fourth-order valence-corrected chi connectivity index (χ4v) is 1.80. The number of ether oxygens (including phenoxy) is 1. The average Bonchev–Trinajstić information content (AvgIpc) is 2.86. The third-order valence-electron chi connectivity index (χ3n) is 2.85. The number of halogens is 1. The number of benzene rings is 1. The number of methoxy groups -OCH3 is 1. The zero-order chi connectivity index (χ0) is 14.5.